The molecule has 1 aliphatic heterocycles. The number of phenolic OH excluding ortho intramolecular Hbond substituents is 2. The van der Waals surface area contributed by atoms with Crippen LogP contribution in [0.5, 0.6) is 11.5 Å². The van der Waals surface area contributed by atoms with E-state index >= 15 is 0 Å². The average Bonchev–Trinajstić information content (AvgIpc) is 1.04. The topological polar surface area (TPSA) is 506 Å². The summed E-state index contributed by atoms with van der Waals surface area (Å²) < 4.78 is 0. The van der Waals surface area contributed by atoms with Crippen molar-refractivity contribution in [3.63, 3.8) is 0 Å². The Bertz CT molecular complexity index is 3520. The van der Waals surface area contributed by atoms with Crippen LogP contribution in [0.25, 0.3) is 0 Å². The van der Waals surface area contributed by atoms with Crippen LogP contribution in [0, 0.1) is 5.41 Å². The highest BCUT2D eigenvalue weighted by atomic mass is 16.3. The summed E-state index contributed by atoms with van der Waals surface area (Å²) in [4.78, 5) is 171. The van der Waals surface area contributed by atoms with Gasteiger partial charge in [0.1, 0.15) is 65.9 Å². The number of nitrogens with two attached hydrogens (primary N) is 4. The van der Waals surface area contributed by atoms with Crippen LogP contribution >= 0.6 is 0 Å². The van der Waals surface area contributed by atoms with Crippen LogP contribution in [0.15, 0.2) is 140 Å². The zero-order chi connectivity index (χ0) is 69.1. The smallest absolute Gasteiger partial charge is 0.245 e. The van der Waals surface area contributed by atoms with Gasteiger partial charge in [-0.3, -0.25) is 62.9 Å². The van der Waals surface area contributed by atoms with Crippen LogP contribution in [0.3, 0.4) is 0 Å². The van der Waals surface area contributed by atoms with E-state index in [1.165, 1.54) is 55.5 Å². The van der Waals surface area contributed by atoms with Gasteiger partial charge in [-0.1, -0.05) is 115 Å². The maximum absolute atomic E-state index is 14.8. The Hall–Kier alpha value is -11.4. The number of benzene rings is 5. The maximum Gasteiger partial charge on any atom is 0.245 e. The molecule has 1 heterocycles. The van der Waals surface area contributed by atoms with E-state index in [9.17, 15) is 67.7 Å². The first-order valence-electron chi connectivity index (χ1n) is 30.4. The number of phenols is 2. The lowest BCUT2D eigenvalue weighted by atomic mass is 10.0. The van der Waals surface area contributed by atoms with Crippen molar-refractivity contribution in [2.24, 2.45) is 22.9 Å². The third-order valence-corrected chi connectivity index (χ3v) is 15.1. The lowest BCUT2D eigenvalue weighted by Crippen LogP contribution is -2.62. The standard InChI is InChI=1S/C65H80N16O14/c1-36-56(87)76-47(30-37-12-5-2-6-13-37)63(94)81-52(64(95)75-46(55(68)86)29-41-21-25-43(83)26-22-41)35-72-58(89)51(77-57(88)44(66)28-40-19-23-42(82)24-20-40)34-54(85)74-45(18-11-27-71-65(69)70)59(90)78-48(31-38-14-7-3-8-15-38)61(92)79-49(32-39-16-9-4-10-17-39)62(93)80-50(33-53(67)84)60(91)73-36/h2-10,12-17,19-26,36,44-52,82-83H,11,18,27-35,66H2,1H3,(H2,67,84)(H2,68,86)(H,72,89)(H,73,91)(H,74,85)(H,75,95)(H,76,87)(H,77,88)(H,78,90)(H,79,92)(H,80,93)(H,81,94)(H4,69,70,71)/t36-,44-,45-,46-,47?,48-,49?,50-,51-,52-/m0/s1. The largest absolute Gasteiger partial charge is 0.508 e. The van der Waals surface area contributed by atoms with E-state index in [0.717, 1.165) is 0 Å². The summed E-state index contributed by atoms with van der Waals surface area (Å²) >= 11 is 0. The van der Waals surface area contributed by atoms with E-state index < -0.39 is 157 Å². The van der Waals surface area contributed by atoms with Crippen molar-refractivity contribution < 1.29 is 67.7 Å². The zero-order valence-electron chi connectivity index (χ0n) is 51.9. The molecule has 504 valence electrons. The molecule has 95 heavy (non-hydrogen) atoms. The van der Waals surface area contributed by atoms with E-state index in [4.69, 9.17) is 28.3 Å². The van der Waals surface area contributed by atoms with E-state index in [-0.39, 0.29) is 63.0 Å². The van der Waals surface area contributed by atoms with E-state index in [0.29, 0.717) is 27.8 Å². The number of carbonyl (C=O) groups excluding carboxylic acids is 12. The molecular formula is C65H80N16O14. The van der Waals surface area contributed by atoms with E-state index in [1.807, 2.05) is 0 Å². The van der Waals surface area contributed by atoms with E-state index in [1.54, 1.807) is 91.0 Å². The Morgan fingerprint density at radius 2 is 0.979 bits per heavy atom. The number of amides is 12. The van der Waals surface area contributed by atoms with Gasteiger partial charge in [-0.05, 0) is 78.3 Å². The van der Waals surface area contributed by atoms with Crippen molar-refractivity contribution in [1.82, 2.24) is 58.5 Å². The van der Waals surface area contributed by atoms with Gasteiger partial charge in [0.25, 0.3) is 0 Å². The molecule has 10 atom stereocenters. The Morgan fingerprint density at radius 3 is 1.45 bits per heavy atom. The molecule has 1 aliphatic rings. The van der Waals surface area contributed by atoms with Gasteiger partial charge < -0.3 is 91.6 Å². The van der Waals surface area contributed by atoms with Crippen LogP contribution < -0.4 is 81.4 Å². The first kappa shape index (κ1) is 72.6. The molecule has 30 heteroatoms. The van der Waals surface area contributed by atoms with Crippen LogP contribution in [0.2, 0.25) is 0 Å². The van der Waals surface area contributed by atoms with Gasteiger partial charge in [-0.15, -0.1) is 0 Å². The van der Waals surface area contributed by atoms with Gasteiger partial charge >= 0.3 is 0 Å². The zero-order valence-corrected chi connectivity index (χ0v) is 51.9. The third kappa shape index (κ3) is 24.3. The molecule has 6 rings (SSSR count). The molecule has 30 nitrogen and oxygen atoms in total. The highest BCUT2D eigenvalue weighted by Gasteiger charge is 2.37. The van der Waals surface area contributed by atoms with Gasteiger partial charge in [-0.2, -0.15) is 0 Å². The van der Waals surface area contributed by atoms with E-state index in [2.05, 4.69) is 58.5 Å². The minimum Gasteiger partial charge on any atom is -0.508 e. The summed E-state index contributed by atoms with van der Waals surface area (Å²) in [7, 11) is 0. The first-order chi connectivity index (χ1) is 45.3. The molecule has 5 aromatic rings. The fourth-order valence-electron chi connectivity index (χ4n) is 9.95. The van der Waals surface area contributed by atoms with Crippen molar-refractivity contribution in [2.45, 2.75) is 125 Å². The summed E-state index contributed by atoms with van der Waals surface area (Å²) in [5.41, 5.74) is 25.7. The second kappa shape index (κ2) is 36.0. The number of carbonyl (C=O) groups is 12. The van der Waals surface area contributed by atoms with Crippen molar-refractivity contribution in [1.29, 1.82) is 5.41 Å². The number of guanidine groups is 1. The lowest BCUT2D eigenvalue weighted by Gasteiger charge is -2.28. The van der Waals surface area contributed by atoms with Gasteiger partial charge in [-0.25, -0.2) is 0 Å². The first-order valence-corrected chi connectivity index (χ1v) is 30.4. The molecule has 0 spiro atoms. The predicted molar refractivity (Wildman–Crippen MR) is 345 cm³/mol. The summed E-state index contributed by atoms with van der Waals surface area (Å²) in [6.07, 6.45) is -3.11. The molecule has 2 unspecified atom stereocenters. The fraction of sp³-hybridized carbons (Fsp3) is 0.338. The number of nitrogens with one attached hydrogen (secondary N) is 12. The lowest BCUT2D eigenvalue weighted by molar-refractivity contribution is -0.136. The predicted octanol–water partition coefficient (Wildman–Crippen LogP) is -3.53. The number of rotatable bonds is 21. The third-order valence-electron chi connectivity index (χ3n) is 15.1. The summed E-state index contributed by atoms with van der Waals surface area (Å²) in [5, 5.41) is 55.4. The van der Waals surface area contributed by atoms with Gasteiger partial charge in [0.05, 0.1) is 18.9 Å². The van der Waals surface area contributed by atoms with Crippen molar-refractivity contribution in [3.8, 4) is 11.5 Å². The maximum atomic E-state index is 14.8. The molecule has 0 bridgehead atoms. The highest BCUT2D eigenvalue weighted by Crippen LogP contribution is 2.15. The molecule has 22 N–H and O–H groups in total. The van der Waals surface area contributed by atoms with Crippen molar-refractivity contribution in [2.75, 3.05) is 13.1 Å². The number of hydrogen-bond donors (Lipinski definition) is 18. The van der Waals surface area contributed by atoms with Crippen LogP contribution in [-0.4, -0.2) is 161 Å². The number of hydrogen-bond acceptors (Lipinski definition) is 16. The summed E-state index contributed by atoms with van der Waals surface area (Å²) in [6.45, 7) is 0.329. The molecule has 1 fully saturated rings. The SMILES string of the molecule is C[C@@H]1NC(=O)[C@H](CC(N)=O)NC(=O)C(Cc2ccccc2)NC(=O)[C@H](Cc2ccccc2)NC(=O)[C@H](CCCNC(=N)N)NC(=O)C[C@H](NC(=O)[C@@H](N)Cc2ccc(O)cc2)C(=O)NC[C@@H](C(=O)N[C@@H](Cc2ccc(O)cc2)C(N)=O)NC(=O)C(Cc2ccccc2)NC1=O. The molecule has 0 aliphatic carbocycles. The number of aromatic hydroxyl groups is 2. The average molecular weight is 1310 g/mol. The van der Waals surface area contributed by atoms with Gasteiger partial charge in [0.2, 0.25) is 70.9 Å². The molecule has 0 radical (unpaired) electrons. The normalized spacial score (nSPS) is 21.2. The Morgan fingerprint density at radius 1 is 0.537 bits per heavy atom. The fourth-order valence-corrected chi connectivity index (χ4v) is 9.95. The van der Waals surface area contributed by atoms with Gasteiger partial charge in [0.15, 0.2) is 5.96 Å². The Balaban J connectivity index is 1.45. The van der Waals surface area contributed by atoms with Gasteiger partial charge in [0, 0.05) is 38.8 Å². The Kier molecular flexibility index (Phi) is 27.5. The van der Waals surface area contributed by atoms with Crippen molar-refractivity contribution in [3.05, 3.63) is 167 Å². The second-order valence-electron chi connectivity index (χ2n) is 22.7. The molecule has 12 amide bonds. The quantitative estimate of drug-likeness (QED) is 0.0192. The minimum atomic E-state index is -1.91. The van der Waals surface area contributed by atoms with Crippen LogP contribution in [0.1, 0.15) is 60.4 Å². The highest BCUT2D eigenvalue weighted by molar-refractivity contribution is 6.00. The summed E-state index contributed by atoms with van der Waals surface area (Å²) in [6, 6.07) is 19.7. The second-order valence-corrected chi connectivity index (χ2v) is 22.7. The van der Waals surface area contributed by atoms with Crippen molar-refractivity contribution >= 4 is 76.8 Å². The molecule has 5 aromatic carbocycles. The molecule has 0 saturated carbocycles. The number of primary amides is 2. The molecule has 1 saturated heterocycles. The summed E-state index contributed by atoms with van der Waals surface area (Å²) in [5.74, 6) is -13.3. The Labute approximate surface area is 546 Å². The van der Waals surface area contributed by atoms with Crippen LogP contribution in [0.4, 0.5) is 0 Å². The monoisotopic (exact) mass is 1310 g/mol. The van der Waals surface area contributed by atoms with Crippen LogP contribution in [-0.2, 0) is 89.6 Å². The minimum absolute atomic E-state index is 0.00542. The molecule has 0 aromatic heterocycles. The molecular weight excluding hydrogens is 1230 g/mol.